The Kier molecular flexibility index (Phi) is 8.02. The largest absolute Gasteiger partial charge is 0.508 e. The molecule has 1 aromatic rings. The van der Waals surface area contributed by atoms with Crippen molar-refractivity contribution in [2.45, 2.75) is 34.1 Å². The van der Waals surface area contributed by atoms with Crippen LogP contribution in [-0.2, 0) is 0 Å². The summed E-state index contributed by atoms with van der Waals surface area (Å²) in [4.78, 5) is 12.1. The molecule has 0 spiro atoms. The number of Topliss-reactive ketones (excluding diaryl/α,β-unsaturated/α-hetero) is 1. The van der Waals surface area contributed by atoms with Crippen LogP contribution in [0, 0.1) is 0 Å². The predicted octanol–water partition coefficient (Wildman–Crippen LogP) is 4.22. The average molecular weight is 262 g/mol. The Hall–Kier alpha value is -2.03. The number of aromatic hydroxyl groups is 2. The Morgan fingerprint density at radius 2 is 1.89 bits per heavy atom. The third kappa shape index (κ3) is 5.00. The molecule has 0 aliphatic rings. The van der Waals surface area contributed by atoms with Gasteiger partial charge < -0.3 is 10.2 Å². The van der Waals surface area contributed by atoms with Gasteiger partial charge in [0, 0.05) is 11.6 Å². The highest BCUT2D eigenvalue weighted by atomic mass is 16.3. The molecule has 19 heavy (non-hydrogen) atoms. The molecule has 3 heteroatoms. The molecule has 0 heterocycles. The van der Waals surface area contributed by atoms with E-state index in [-0.39, 0.29) is 22.8 Å². The van der Waals surface area contributed by atoms with Gasteiger partial charge in [0.15, 0.2) is 5.78 Å². The topological polar surface area (TPSA) is 57.5 Å². The van der Waals surface area contributed by atoms with Gasteiger partial charge in [-0.05, 0) is 25.5 Å². The van der Waals surface area contributed by atoms with Crippen molar-refractivity contribution < 1.29 is 15.0 Å². The van der Waals surface area contributed by atoms with Crippen LogP contribution in [0.3, 0.4) is 0 Å². The third-order valence-electron chi connectivity index (χ3n) is 2.33. The summed E-state index contributed by atoms with van der Waals surface area (Å²) in [6.45, 7) is 7.75. The minimum atomic E-state index is -0.255. The monoisotopic (exact) mass is 262 g/mol. The van der Waals surface area contributed by atoms with Crippen LogP contribution in [0.4, 0.5) is 0 Å². The first-order chi connectivity index (χ1) is 9.10. The molecule has 0 unspecified atom stereocenters. The second kappa shape index (κ2) is 8.97. The molecule has 0 bridgehead atoms. The van der Waals surface area contributed by atoms with Crippen LogP contribution in [0.25, 0.3) is 0 Å². The normalized spacial score (nSPS) is 11.1. The molecule has 2 N–H and O–H groups in total. The van der Waals surface area contributed by atoms with E-state index in [4.69, 9.17) is 5.11 Å². The standard InChI is InChI=1S/C14H16O3.C2H6/c1-3-5-6-10(4-2)14(17)12-8-7-11(15)9-13(12)16;1-2/h4-9,15-16H,3H2,1-2H3;1-2H3/b6-5-,10-4+;. The maximum absolute atomic E-state index is 12.1. The van der Waals surface area contributed by atoms with Gasteiger partial charge in [0.05, 0.1) is 5.56 Å². The van der Waals surface area contributed by atoms with E-state index in [0.717, 1.165) is 12.5 Å². The highest BCUT2D eigenvalue weighted by molar-refractivity contribution is 6.12. The van der Waals surface area contributed by atoms with Crippen LogP contribution in [-0.4, -0.2) is 16.0 Å². The van der Waals surface area contributed by atoms with E-state index in [1.807, 2.05) is 26.8 Å². The zero-order valence-corrected chi connectivity index (χ0v) is 12.0. The SMILES string of the molecule is C/C=C(\C=C/CC)C(=O)c1ccc(O)cc1O.CC. The molecule has 0 saturated heterocycles. The summed E-state index contributed by atoms with van der Waals surface area (Å²) in [5, 5.41) is 18.8. The first kappa shape index (κ1) is 17.0. The molecule has 0 aliphatic heterocycles. The van der Waals surface area contributed by atoms with Gasteiger partial charge in [0.1, 0.15) is 11.5 Å². The predicted molar refractivity (Wildman–Crippen MR) is 78.6 cm³/mol. The number of hydrogen-bond acceptors (Lipinski definition) is 3. The fraction of sp³-hybridized carbons (Fsp3) is 0.312. The van der Waals surface area contributed by atoms with Crippen molar-refractivity contribution in [3.05, 3.63) is 47.6 Å². The van der Waals surface area contributed by atoms with E-state index in [0.29, 0.717) is 5.57 Å². The number of carbonyl (C=O) groups is 1. The maximum Gasteiger partial charge on any atom is 0.196 e. The second-order valence-electron chi connectivity index (χ2n) is 3.59. The smallest absolute Gasteiger partial charge is 0.196 e. The van der Waals surface area contributed by atoms with Crippen molar-refractivity contribution in [1.29, 1.82) is 0 Å². The van der Waals surface area contributed by atoms with Crippen molar-refractivity contribution in [2.75, 3.05) is 0 Å². The molecule has 1 rings (SSSR count). The lowest BCUT2D eigenvalue weighted by atomic mass is 10.0. The highest BCUT2D eigenvalue weighted by Crippen LogP contribution is 2.25. The highest BCUT2D eigenvalue weighted by Gasteiger charge is 2.13. The summed E-state index contributed by atoms with van der Waals surface area (Å²) in [5.41, 5.74) is 0.712. The van der Waals surface area contributed by atoms with E-state index in [1.54, 1.807) is 19.1 Å². The molecular weight excluding hydrogens is 240 g/mol. The van der Waals surface area contributed by atoms with Gasteiger partial charge in [-0.15, -0.1) is 0 Å². The Morgan fingerprint density at radius 1 is 1.26 bits per heavy atom. The van der Waals surface area contributed by atoms with Crippen LogP contribution >= 0.6 is 0 Å². The van der Waals surface area contributed by atoms with E-state index >= 15 is 0 Å². The minimum Gasteiger partial charge on any atom is -0.508 e. The van der Waals surface area contributed by atoms with E-state index in [2.05, 4.69) is 0 Å². The third-order valence-corrected chi connectivity index (χ3v) is 2.33. The molecule has 0 aliphatic carbocycles. The molecular formula is C16H22O3. The van der Waals surface area contributed by atoms with Gasteiger partial charge in [-0.25, -0.2) is 0 Å². The average Bonchev–Trinajstić information content (AvgIpc) is 2.41. The Morgan fingerprint density at radius 3 is 2.37 bits per heavy atom. The van der Waals surface area contributed by atoms with E-state index < -0.39 is 0 Å². The summed E-state index contributed by atoms with van der Waals surface area (Å²) >= 11 is 0. The van der Waals surface area contributed by atoms with Crippen LogP contribution in [0.1, 0.15) is 44.5 Å². The fourth-order valence-corrected chi connectivity index (χ4v) is 1.42. The quantitative estimate of drug-likeness (QED) is 0.485. The van der Waals surface area contributed by atoms with Gasteiger partial charge in [0.2, 0.25) is 0 Å². The fourth-order valence-electron chi connectivity index (χ4n) is 1.42. The summed E-state index contributed by atoms with van der Waals surface area (Å²) in [7, 11) is 0. The van der Waals surface area contributed by atoms with Crippen molar-refractivity contribution in [1.82, 2.24) is 0 Å². The molecule has 0 saturated carbocycles. The van der Waals surface area contributed by atoms with Crippen molar-refractivity contribution in [3.63, 3.8) is 0 Å². The number of phenols is 2. The van der Waals surface area contributed by atoms with Gasteiger partial charge >= 0.3 is 0 Å². The lowest BCUT2D eigenvalue weighted by Crippen LogP contribution is -2.01. The maximum atomic E-state index is 12.1. The zero-order chi connectivity index (χ0) is 14.8. The van der Waals surface area contributed by atoms with Gasteiger partial charge in [-0.3, -0.25) is 4.79 Å². The van der Waals surface area contributed by atoms with Gasteiger partial charge in [0.25, 0.3) is 0 Å². The van der Waals surface area contributed by atoms with Gasteiger partial charge in [-0.2, -0.15) is 0 Å². The number of ketones is 1. The first-order valence-corrected chi connectivity index (χ1v) is 6.49. The molecule has 0 fully saturated rings. The summed E-state index contributed by atoms with van der Waals surface area (Å²) in [6, 6.07) is 3.95. The molecule has 1 aromatic carbocycles. The summed E-state index contributed by atoms with van der Waals surface area (Å²) < 4.78 is 0. The molecule has 104 valence electrons. The number of benzene rings is 1. The Balaban J connectivity index is 0.00000154. The number of phenolic OH excluding ortho intramolecular Hbond substituents is 2. The summed E-state index contributed by atoms with van der Waals surface area (Å²) in [6.07, 6.45) is 6.15. The van der Waals surface area contributed by atoms with Crippen LogP contribution in [0.5, 0.6) is 11.5 Å². The number of rotatable bonds is 4. The molecule has 0 atom stereocenters. The molecule has 0 radical (unpaired) electrons. The van der Waals surface area contributed by atoms with Gasteiger partial charge in [-0.1, -0.05) is 39.0 Å². The van der Waals surface area contributed by atoms with Crippen LogP contribution in [0.15, 0.2) is 42.0 Å². The number of carbonyl (C=O) groups excluding carboxylic acids is 1. The lowest BCUT2D eigenvalue weighted by molar-refractivity contribution is 0.103. The Labute approximate surface area is 114 Å². The lowest BCUT2D eigenvalue weighted by Gasteiger charge is -2.04. The van der Waals surface area contributed by atoms with Crippen molar-refractivity contribution >= 4 is 5.78 Å². The molecule has 0 aromatic heterocycles. The first-order valence-electron chi connectivity index (χ1n) is 6.49. The number of allylic oxidation sites excluding steroid dienone is 4. The van der Waals surface area contributed by atoms with Crippen molar-refractivity contribution in [2.24, 2.45) is 0 Å². The summed E-state index contributed by atoms with van der Waals surface area (Å²) in [5.74, 6) is -0.529. The van der Waals surface area contributed by atoms with Crippen LogP contribution in [0.2, 0.25) is 0 Å². The van der Waals surface area contributed by atoms with E-state index in [1.165, 1.54) is 12.1 Å². The van der Waals surface area contributed by atoms with Crippen LogP contribution < -0.4 is 0 Å². The number of hydrogen-bond donors (Lipinski definition) is 2. The Bertz CT molecular complexity index is 471. The van der Waals surface area contributed by atoms with Crippen molar-refractivity contribution in [3.8, 4) is 11.5 Å². The van der Waals surface area contributed by atoms with E-state index in [9.17, 15) is 9.90 Å². The zero-order valence-electron chi connectivity index (χ0n) is 12.0. The molecule has 3 nitrogen and oxygen atoms in total. The minimum absolute atomic E-state index is 0.0646. The molecule has 0 amide bonds. The second-order valence-corrected chi connectivity index (χ2v) is 3.59.